The number of aliphatic hydroxyl groups excluding tert-OH is 1. The van der Waals surface area contributed by atoms with Crippen molar-refractivity contribution < 1.29 is 38.4 Å². The lowest BCUT2D eigenvalue weighted by molar-refractivity contribution is -0.124. The molecule has 11 nitrogen and oxygen atoms in total. The quantitative estimate of drug-likeness (QED) is 0.0658. The van der Waals surface area contributed by atoms with E-state index in [0.29, 0.717) is 37.5 Å². The van der Waals surface area contributed by atoms with Gasteiger partial charge in [-0.15, -0.1) is 0 Å². The van der Waals surface area contributed by atoms with Crippen molar-refractivity contribution >= 4 is 34.9 Å². The molecule has 0 saturated carbocycles. The lowest BCUT2D eigenvalue weighted by Crippen LogP contribution is -2.41. The molecule has 10 atom stereocenters. The Kier molecular flexibility index (Phi) is 16.4. The summed E-state index contributed by atoms with van der Waals surface area (Å²) in [7, 11) is 3.65. The van der Waals surface area contributed by atoms with Crippen molar-refractivity contribution in [2.24, 2.45) is 17.8 Å². The first-order valence-electron chi connectivity index (χ1n) is 17.3. The van der Waals surface area contributed by atoms with Crippen LogP contribution in [0.4, 0.5) is 4.79 Å². The number of carbonyl (C=O) groups is 2. The highest BCUT2D eigenvalue weighted by Crippen LogP contribution is 2.47. The summed E-state index contributed by atoms with van der Waals surface area (Å²) in [5, 5.41) is 13.0. The van der Waals surface area contributed by atoms with Crippen LogP contribution in [-0.2, 0) is 28.5 Å². The molecule has 0 aliphatic carbocycles. The van der Waals surface area contributed by atoms with Gasteiger partial charge in [0.25, 0.3) is 0 Å². The molecule has 270 valence electrons. The van der Waals surface area contributed by atoms with Gasteiger partial charge in [0, 0.05) is 68.0 Å². The van der Waals surface area contributed by atoms with Crippen molar-refractivity contribution in [1.82, 2.24) is 13.3 Å². The second kappa shape index (κ2) is 19.2. The number of nitrogens with one attached hydrogen (secondary N) is 1. The summed E-state index contributed by atoms with van der Waals surface area (Å²) < 4.78 is 31.0. The zero-order valence-corrected chi connectivity index (χ0v) is 31.9. The van der Waals surface area contributed by atoms with Gasteiger partial charge in [-0.1, -0.05) is 39.0 Å². The minimum atomic E-state index is -0.541. The monoisotopic (exact) mass is 777 g/mol. The molecule has 0 radical (unpaired) electrons. The van der Waals surface area contributed by atoms with Gasteiger partial charge in [-0.05, 0) is 70.9 Å². The number of amides is 2. The standard InChI is InChI=1S/C35H60IN3O8/c1-23(20-35(6)33(47-35)26(4)32(43-8)27(5)40)10-9-11-24(2)31-25(3)12-13-29(46-31)21-37-30(41)15-17-44-18-19-45-34(42)39-16-14-28(22-39)38(7)36/h9-11,23,25-29,31-33,40H,12-22H2,1-8H3,(H,37,41)/b10-9+,24-11+/t23-,25+,26-,27-,28?,29-,31-,32-,33-,35-/m1/s1. The fourth-order valence-corrected chi connectivity index (χ4v) is 7.54. The summed E-state index contributed by atoms with van der Waals surface area (Å²) in [5.41, 5.74) is 0.963. The number of carbonyl (C=O) groups excluding carboxylic acids is 2. The van der Waals surface area contributed by atoms with E-state index in [9.17, 15) is 14.7 Å². The number of hydrogen-bond acceptors (Lipinski definition) is 9. The fraction of sp³-hybridized carbons (Fsp3) is 0.829. The van der Waals surface area contributed by atoms with Gasteiger partial charge in [0.05, 0.1) is 49.3 Å². The molecule has 0 spiro atoms. The van der Waals surface area contributed by atoms with Crippen LogP contribution >= 0.6 is 22.9 Å². The summed E-state index contributed by atoms with van der Waals surface area (Å²) in [5.74, 6) is 0.754. The third-order valence-corrected chi connectivity index (χ3v) is 10.6. The van der Waals surface area contributed by atoms with Crippen molar-refractivity contribution in [2.45, 2.75) is 116 Å². The number of ether oxygens (including phenoxy) is 5. The first-order chi connectivity index (χ1) is 22.2. The van der Waals surface area contributed by atoms with E-state index in [1.165, 1.54) is 5.57 Å². The van der Waals surface area contributed by atoms with Gasteiger partial charge in [0.2, 0.25) is 5.91 Å². The summed E-state index contributed by atoms with van der Waals surface area (Å²) in [6, 6.07) is 0.358. The second-order valence-electron chi connectivity index (χ2n) is 14.1. The molecule has 12 heteroatoms. The van der Waals surface area contributed by atoms with Crippen molar-refractivity contribution in [3.63, 3.8) is 0 Å². The van der Waals surface area contributed by atoms with E-state index in [1.807, 2.05) is 7.05 Å². The number of methoxy groups -OCH3 is 1. The Morgan fingerprint density at radius 1 is 1.19 bits per heavy atom. The van der Waals surface area contributed by atoms with Gasteiger partial charge in [0.15, 0.2) is 0 Å². The third-order valence-electron chi connectivity index (χ3n) is 9.84. The molecule has 0 aromatic heterocycles. The van der Waals surface area contributed by atoms with Gasteiger partial charge in [-0.3, -0.25) is 4.79 Å². The molecule has 0 bridgehead atoms. The lowest BCUT2D eigenvalue weighted by Gasteiger charge is -2.35. The van der Waals surface area contributed by atoms with Crippen LogP contribution in [0.15, 0.2) is 23.8 Å². The van der Waals surface area contributed by atoms with E-state index in [1.54, 1.807) is 18.9 Å². The number of rotatable bonds is 18. The average Bonchev–Trinajstić information content (AvgIpc) is 3.42. The zero-order chi connectivity index (χ0) is 34.7. The van der Waals surface area contributed by atoms with Gasteiger partial charge in [0.1, 0.15) is 6.61 Å². The van der Waals surface area contributed by atoms with E-state index < -0.39 is 6.10 Å². The molecule has 0 aromatic carbocycles. The number of nitrogens with zero attached hydrogens (tertiary/aromatic N) is 2. The number of hydrogen-bond donors (Lipinski definition) is 2. The van der Waals surface area contributed by atoms with E-state index >= 15 is 0 Å². The van der Waals surface area contributed by atoms with Crippen LogP contribution in [0, 0.1) is 17.8 Å². The fourth-order valence-electron chi connectivity index (χ4n) is 7.08. The van der Waals surface area contributed by atoms with E-state index in [4.69, 9.17) is 23.7 Å². The van der Waals surface area contributed by atoms with Gasteiger partial charge in [-0.2, -0.15) is 0 Å². The molecular formula is C35H60IN3O8. The number of likely N-dealkylation sites (N-methyl/N-ethyl adjacent to an activating group) is 1. The molecule has 2 amide bonds. The van der Waals surface area contributed by atoms with Crippen molar-refractivity contribution in [3.05, 3.63) is 23.8 Å². The van der Waals surface area contributed by atoms with Crippen LogP contribution in [0.1, 0.15) is 73.6 Å². The van der Waals surface area contributed by atoms with Crippen LogP contribution < -0.4 is 5.32 Å². The molecule has 3 fully saturated rings. The Morgan fingerprint density at radius 2 is 1.94 bits per heavy atom. The highest BCUT2D eigenvalue weighted by atomic mass is 127. The Hall–Kier alpha value is -1.29. The normalized spacial score (nSPS) is 30.7. The predicted octanol–water partition coefficient (Wildman–Crippen LogP) is 4.90. The molecule has 0 aromatic rings. The Bertz CT molecular complexity index is 1060. The average molecular weight is 778 g/mol. The number of epoxide rings is 1. The number of halogens is 1. The van der Waals surface area contributed by atoms with Crippen LogP contribution in [-0.4, -0.2) is 121 Å². The number of aliphatic hydroxyl groups is 1. The van der Waals surface area contributed by atoms with Crippen LogP contribution in [0.25, 0.3) is 0 Å². The molecule has 3 heterocycles. The largest absolute Gasteiger partial charge is 0.447 e. The molecule has 2 N–H and O–H groups in total. The van der Waals surface area contributed by atoms with Crippen molar-refractivity contribution in [3.8, 4) is 0 Å². The molecule has 3 saturated heterocycles. The van der Waals surface area contributed by atoms with Crippen molar-refractivity contribution in [1.29, 1.82) is 0 Å². The minimum absolute atomic E-state index is 0.00606. The highest BCUT2D eigenvalue weighted by Gasteiger charge is 2.56. The van der Waals surface area contributed by atoms with Crippen LogP contribution in [0.2, 0.25) is 0 Å². The lowest BCUT2D eigenvalue weighted by atomic mass is 9.85. The number of likely N-dealkylation sites (tertiary alicyclic amines) is 1. The number of allylic oxidation sites excluding steroid dienone is 3. The molecule has 3 aliphatic heterocycles. The Balaban J connectivity index is 1.31. The highest BCUT2D eigenvalue weighted by molar-refractivity contribution is 14.1. The van der Waals surface area contributed by atoms with Crippen LogP contribution in [0.5, 0.6) is 0 Å². The molecular weight excluding hydrogens is 717 g/mol. The maximum absolute atomic E-state index is 12.4. The molecule has 3 rings (SSSR count). The Labute approximate surface area is 296 Å². The first-order valence-corrected chi connectivity index (χ1v) is 18.3. The van der Waals surface area contributed by atoms with E-state index in [2.05, 4.69) is 84.1 Å². The first kappa shape index (κ1) is 40.1. The van der Waals surface area contributed by atoms with Gasteiger partial charge >= 0.3 is 6.09 Å². The SMILES string of the molecule is CO[C@H]([C@@H](C)[C@H]1O[C@]1(C)C[C@H](C)/C=C/C=C(\C)[C@H]1O[C@@H](CNC(=O)CCOCCOC(=O)N2CCC(N(C)I)C2)CC[C@@H]1C)[C@@H](C)O. The predicted molar refractivity (Wildman–Crippen MR) is 190 cm³/mol. The minimum Gasteiger partial charge on any atom is -0.447 e. The van der Waals surface area contributed by atoms with Gasteiger partial charge in [-0.25, -0.2) is 7.91 Å². The van der Waals surface area contributed by atoms with Crippen LogP contribution in [0.3, 0.4) is 0 Å². The summed E-state index contributed by atoms with van der Waals surface area (Å²) in [6.07, 6.45) is 9.46. The van der Waals surface area contributed by atoms with E-state index in [0.717, 1.165) is 25.7 Å². The van der Waals surface area contributed by atoms with E-state index in [-0.39, 0.29) is 74.2 Å². The second-order valence-corrected chi connectivity index (χ2v) is 15.6. The maximum Gasteiger partial charge on any atom is 0.409 e. The molecule has 1 unspecified atom stereocenters. The molecule has 47 heavy (non-hydrogen) atoms. The smallest absolute Gasteiger partial charge is 0.409 e. The zero-order valence-electron chi connectivity index (χ0n) is 29.8. The topological polar surface area (TPSA) is 122 Å². The third kappa shape index (κ3) is 12.5. The van der Waals surface area contributed by atoms with Gasteiger partial charge < -0.3 is 39.0 Å². The maximum atomic E-state index is 12.4. The summed E-state index contributed by atoms with van der Waals surface area (Å²) in [6.45, 7) is 15.1. The summed E-state index contributed by atoms with van der Waals surface area (Å²) in [4.78, 5) is 26.3. The Morgan fingerprint density at radius 3 is 2.60 bits per heavy atom. The van der Waals surface area contributed by atoms with Crippen molar-refractivity contribution in [2.75, 3.05) is 53.6 Å². The summed E-state index contributed by atoms with van der Waals surface area (Å²) >= 11 is 2.24. The molecule has 3 aliphatic rings.